The highest BCUT2D eigenvalue weighted by atomic mass is 19.4. The van der Waals surface area contributed by atoms with E-state index < -0.39 is 17.8 Å². The number of halogens is 3. The molecule has 3 N–H and O–H groups in total. The fraction of sp³-hybridized carbons (Fsp3) is 0.200. The Labute approximate surface area is 169 Å². The van der Waals surface area contributed by atoms with E-state index in [0.29, 0.717) is 27.8 Å². The third kappa shape index (κ3) is 5.09. The van der Waals surface area contributed by atoms with Crippen LogP contribution >= 0.6 is 0 Å². The number of carbonyl (C=O) groups excluding carboxylic acids is 1. The summed E-state index contributed by atoms with van der Waals surface area (Å²) in [6.07, 6.45) is -4.47. The van der Waals surface area contributed by atoms with Gasteiger partial charge in [0.15, 0.2) is 0 Å². The van der Waals surface area contributed by atoms with Crippen LogP contribution in [-0.2, 0) is 19.3 Å². The first kappa shape index (κ1) is 21.2. The van der Waals surface area contributed by atoms with E-state index in [1.54, 1.807) is 31.2 Å². The lowest BCUT2D eigenvalue weighted by Gasteiger charge is -2.12. The van der Waals surface area contributed by atoms with Gasteiger partial charge in [0, 0.05) is 5.56 Å². The zero-order valence-corrected chi connectivity index (χ0v) is 15.8. The van der Waals surface area contributed by atoms with Gasteiger partial charge >= 0.3 is 12.2 Å². The Morgan fingerprint density at radius 1 is 1.23 bits per heavy atom. The predicted octanol–water partition coefficient (Wildman–Crippen LogP) is 4.52. The lowest BCUT2D eigenvalue weighted by Crippen LogP contribution is -2.31. The molecule has 158 valence electrons. The van der Waals surface area contributed by atoms with Gasteiger partial charge in [-0.2, -0.15) is 13.2 Å². The van der Waals surface area contributed by atoms with Crippen LogP contribution in [0.3, 0.4) is 0 Å². The zero-order chi connectivity index (χ0) is 21.9. The van der Waals surface area contributed by atoms with Crippen LogP contribution in [-0.4, -0.2) is 21.3 Å². The number of benzene rings is 2. The second-order valence-corrected chi connectivity index (χ2v) is 6.43. The van der Waals surface area contributed by atoms with E-state index in [2.05, 4.69) is 4.98 Å². The van der Waals surface area contributed by atoms with Gasteiger partial charge in [0.25, 0.3) is 0 Å². The Bertz CT molecular complexity index is 1050. The number of urea groups is 1. The number of nitrogens with two attached hydrogens (primary N) is 1. The van der Waals surface area contributed by atoms with Crippen LogP contribution in [0.25, 0.3) is 11.5 Å². The molecular weight excluding hydrogens is 403 g/mol. The molecule has 10 heteroatoms. The number of oxazole rings is 1. The van der Waals surface area contributed by atoms with Gasteiger partial charge in [0.05, 0.1) is 12.1 Å². The van der Waals surface area contributed by atoms with Crippen LogP contribution in [0.15, 0.2) is 52.9 Å². The second-order valence-electron chi connectivity index (χ2n) is 6.43. The van der Waals surface area contributed by atoms with E-state index in [1.807, 2.05) is 0 Å². The maximum Gasteiger partial charge on any atom is 0.416 e. The standard InChI is InChI=1S/C20H18F3N3O4/c1-12-17(11-29-16-7-2-4-13(8-16)10-26(28)19(24)27)25-18(30-12)14-5-3-6-15(9-14)20(21,22)23/h2-9,28H,10-11H2,1H3,(H2,24,27). The van der Waals surface area contributed by atoms with Gasteiger partial charge in [0.1, 0.15) is 23.8 Å². The summed E-state index contributed by atoms with van der Waals surface area (Å²) in [6, 6.07) is 10.3. The van der Waals surface area contributed by atoms with Crippen molar-refractivity contribution in [2.24, 2.45) is 5.73 Å². The molecule has 0 fully saturated rings. The van der Waals surface area contributed by atoms with Gasteiger partial charge in [-0.15, -0.1) is 0 Å². The van der Waals surface area contributed by atoms with Crippen molar-refractivity contribution in [2.45, 2.75) is 26.3 Å². The van der Waals surface area contributed by atoms with Crippen molar-refractivity contribution in [3.8, 4) is 17.2 Å². The van der Waals surface area contributed by atoms with Crippen molar-refractivity contribution in [3.63, 3.8) is 0 Å². The van der Waals surface area contributed by atoms with Gasteiger partial charge in [-0.05, 0) is 42.8 Å². The summed E-state index contributed by atoms with van der Waals surface area (Å²) < 4.78 is 49.9. The highest BCUT2D eigenvalue weighted by Crippen LogP contribution is 2.32. The number of primary amides is 1. The Kier molecular flexibility index (Phi) is 5.97. The molecule has 2 amide bonds. The summed E-state index contributed by atoms with van der Waals surface area (Å²) in [5, 5.41) is 9.78. The molecule has 0 aliphatic carbocycles. The van der Waals surface area contributed by atoms with Crippen LogP contribution in [0.4, 0.5) is 18.0 Å². The molecule has 0 aliphatic heterocycles. The van der Waals surface area contributed by atoms with E-state index in [0.717, 1.165) is 12.1 Å². The Morgan fingerprint density at radius 2 is 1.97 bits per heavy atom. The van der Waals surface area contributed by atoms with Crippen molar-refractivity contribution in [1.82, 2.24) is 10.0 Å². The minimum atomic E-state index is -4.47. The summed E-state index contributed by atoms with van der Waals surface area (Å²) in [6.45, 7) is 1.53. The molecule has 7 nitrogen and oxygen atoms in total. The molecule has 0 bridgehead atoms. The van der Waals surface area contributed by atoms with Crippen LogP contribution in [0.5, 0.6) is 5.75 Å². The fourth-order valence-electron chi connectivity index (χ4n) is 2.65. The van der Waals surface area contributed by atoms with Gasteiger partial charge in [-0.25, -0.2) is 14.8 Å². The van der Waals surface area contributed by atoms with Gasteiger partial charge < -0.3 is 14.9 Å². The summed E-state index contributed by atoms with van der Waals surface area (Å²) in [5.74, 6) is 0.908. The molecule has 3 rings (SSSR count). The van der Waals surface area contributed by atoms with Crippen LogP contribution in [0.2, 0.25) is 0 Å². The Morgan fingerprint density at radius 3 is 2.67 bits per heavy atom. The minimum absolute atomic E-state index is 0.0103. The molecule has 0 saturated carbocycles. The first-order valence-electron chi connectivity index (χ1n) is 8.75. The van der Waals surface area contributed by atoms with E-state index in [1.165, 1.54) is 12.1 Å². The average Bonchev–Trinajstić information content (AvgIpc) is 3.07. The largest absolute Gasteiger partial charge is 0.487 e. The van der Waals surface area contributed by atoms with Crippen LogP contribution in [0.1, 0.15) is 22.6 Å². The third-order valence-corrected chi connectivity index (χ3v) is 4.19. The van der Waals surface area contributed by atoms with Crippen LogP contribution < -0.4 is 10.5 Å². The quantitative estimate of drug-likeness (QED) is 0.450. The van der Waals surface area contributed by atoms with E-state index >= 15 is 0 Å². The number of hydroxylamine groups is 2. The molecule has 0 spiro atoms. The highest BCUT2D eigenvalue weighted by molar-refractivity contribution is 5.70. The number of nitrogens with zero attached hydrogens (tertiary/aromatic N) is 2. The third-order valence-electron chi connectivity index (χ3n) is 4.19. The lowest BCUT2D eigenvalue weighted by atomic mass is 10.1. The van der Waals surface area contributed by atoms with Gasteiger partial charge in [-0.1, -0.05) is 18.2 Å². The smallest absolute Gasteiger partial charge is 0.416 e. The zero-order valence-electron chi connectivity index (χ0n) is 15.8. The normalized spacial score (nSPS) is 11.4. The van der Waals surface area contributed by atoms with Crippen molar-refractivity contribution < 1.29 is 32.3 Å². The number of aryl methyl sites for hydroxylation is 1. The summed E-state index contributed by atoms with van der Waals surface area (Å²) >= 11 is 0. The molecule has 3 aromatic rings. The van der Waals surface area contributed by atoms with Crippen molar-refractivity contribution >= 4 is 6.03 Å². The summed E-state index contributed by atoms with van der Waals surface area (Å²) in [5.41, 5.74) is 5.40. The molecule has 2 aromatic carbocycles. The van der Waals surface area contributed by atoms with E-state index in [4.69, 9.17) is 14.9 Å². The Hall–Kier alpha value is -3.53. The SMILES string of the molecule is Cc1oc(-c2cccc(C(F)(F)F)c2)nc1COc1cccc(CN(O)C(N)=O)c1. The molecule has 1 heterocycles. The molecule has 30 heavy (non-hydrogen) atoms. The number of aromatic nitrogens is 1. The highest BCUT2D eigenvalue weighted by Gasteiger charge is 2.30. The van der Waals surface area contributed by atoms with Crippen molar-refractivity contribution in [1.29, 1.82) is 0 Å². The van der Waals surface area contributed by atoms with Crippen LogP contribution in [0, 0.1) is 6.92 Å². The summed E-state index contributed by atoms with van der Waals surface area (Å²) in [7, 11) is 0. The fourth-order valence-corrected chi connectivity index (χ4v) is 2.65. The monoisotopic (exact) mass is 421 g/mol. The van der Waals surface area contributed by atoms with Crippen molar-refractivity contribution in [2.75, 3.05) is 0 Å². The Balaban J connectivity index is 1.72. The number of alkyl halides is 3. The average molecular weight is 421 g/mol. The maximum absolute atomic E-state index is 12.9. The molecular formula is C20H18F3N3O4. The number of rotatable bonds is 6. The maximum atomic E-state index is 12.9. The topological polar surface area (TPSA) is 102 Å². The number of ether oxygens (including phenoxy) is 1. The summed E-state index contributed by atoms with van der Waals surface area (Å²) in [4.78, 5) is 15.2. The molecule has 0 saturated heterocycles. The molecule has 0 atom stereocenters. The first-order chi connectivity index (χ1) is 14.1. The molecule has 0 aliphatic rings. The number of hydrogen-bond acceptors (Lipinski definition) is 5. The van der Waals surface area contributed by atoms with Crippen molar-refractivity contribution in [3.05, 3.63) is 71.1 Å². The minimum Gasteiger partial charge on any atom is -0.487 e. The first-order valence-corrected chi connectivity index (χ1v) is 8.75. The second kappa shape index (κ2) is 8.46. The molecule has 0 radical (unpaired) electrons. The molecule has 1 aromatic heterocycles. The molecule has 0 unspecified atom stereocenters. The number of hydrogen-bond donors (Lipinski definition) is 2. The number of amides is 2. The number of carbonyl (C=O) groups is 1. The lowest BCUT2D eigenvalue weighted by molar-refractivity contribution is -0.137. The predicted molar refractivity (Wildman–Crippen MR) is 99.4 cm³/mol. The van der Waals surface area contributed by atoms with Gasteiger partial charge in [-0.3, -0.25) is 5.21 Å². The van der Waals surface area contributed by atoms with E-state index in [9.17, 15) is 23.2 Å². The van der Waals surface area contributed by atoms with E-state index in [-0.39, 0.29) is 24.6 Å². The van der Waals surface area contributed by atoms with Gasteiger partial charge in [0.2, 0.25) is 5.89 Å².